The third-order valence-electron chi connectivity index (χ3n) is 9.71. The number of rotatable bonds is 5. The summed E-state index contributed by atoms with van der Waals surface area (Å²) in [5, 5.41) is 4.83. The Morgan fingerprint density at radius 3 is 1.68 bits per heavy atom. The molecule has 0 N–H and O–H groups in total. The SMILES string of the molecule is c1ccc(-n2c3ccccc3c3ccc(-c4ccc5c(c4)c4ccccc4n5-c4ncc(-c5ccc(-c6ccccn6)cc5)cn4)cc32)cc1. The maximum Gasteiger partial charge on any atom is 0.234 e. The standard InChI is InChI=1S/C45H29N5/c1-2-10-35(11-3-1)49-41-15-6-4-12-36(41)38-23-21-33(27-44(38)49)32-22-24-43-39(26-32)37-13-5-7-16-42(37)50(43)45-47-28-34(29-48-45)30-17-19-31(20-18-30)40-14-8-9-25-46-40/h1-29H. The molecule has 0 spiro atoms. The number of aromatic nitrogens is 5. The summed E-state index contributed by atoms with van der Waals surface area (Å²) in [5.74, 6) is 0.645. The molecule has 0 aliphatic heterocycles. The number of benzene rings is 6. The smallest absolute Gasteiger partial charge is 0.234 e. The summed E-state index contributed by atoms with van der Waals surface area (Å²) in [6.45, 7) is 0. The average molecular weight is 640 g/mol. The molecule has 5 heteroatoms. The molecular weight excluding hydrogens is 611 g/mol. The normalized spacial score (nSPS) is 11.6. The van der Waals surface area contributed by atoms with Crippen LogP contribution in [-0.2, 0) is 0 Å². The molecule has 0 aliphatic rings. The van der Waals surface area contributed by atoms with E-state index in [1.165, 1.54) is 38.1 Å². The van der Waals surface area contributed by atoms with E-state index >= 15 is 0 Å². The first kappa shape index (κ1) is 28.2. The van der Waals surface area contributed by atoms with E-state index in [0.717, 1.165) is 44.7 Å². The Hall–Kier alpha value is -6.85. The molecule has 6 aromatic carbocycles. The number of nitrogens with zero attached hydrogens (tertiary/aromatic N) is 5. The molecule has 10 rings (SSSR count). The van der Waals surface area contributed by atoms with Crippen LogP contribution < -0.4 is 0 Å². The van der Waals surface area contributed by atoms with Gasteiger partial charge < -0.3 is 4.57 Å². The zero-order valence-electron chi connectivity index (χ0n) is 27.0. The van der Waals surface area contributed by atoms with Gasteiger partial charge in [-0.3, -0.25) is 9.55 Å². The summed E-state index contributed by atoms with van der Waals surface area (Å²) in [5.41, 5.74) is 12.1. The third kappa shape index (κ3) is 4.52. The summed E-state index contributed by atoms with van der Waals surface area (Å²) in [6.07, 6.45) is 5.64. The number of pyridine rings is 1. The number of hydrogen-bond donors (Lipinski definition) is 0. The van der Waals surface area contributed by atoms with Gasteiger partial charge in [0, 0.05) is 56.9 Å². The van der Waals surface area contributed by atoms with Crippen LogP contribution >= 0.6 is 0 Å². The van der Waals surface area contributed by atoms with Gasteiger partial charge in [0.05, 0.1) is 27.8 Å². The molecule has 0 atom stereocenters. The molecule has 0 amide bonds. The van der Waals surface area contributed by atoms with Gasteiger partial charge in [0.2, 0.25) is 5.95 Å². The molecule has 0 unspecified atom stereocenters. The van der Waals surface area contributed by atoms with Gasteiger partial charge in [-0.15, -0.1) is 0 Å². The van der Waals surface area contributed by atoms with Crippen molar-refractivity contribution in [2.45, 2.75) is 0 Å². The van der Waals surface area contributed by atoms with Crippen molar-refractivity contribution in [3.63, 3.8) is 0 Å². The van der Waals surface area contributed by atoms with Gasteiger partial charge in [0.1, 0.15) is 0 Å². The van der Waals surface area contributed by atoms with Crippen LogP contribution in [0.5, 0.6) is 0 Å². The van der Waals surface area contributed by atoms with E-state index in [9.17, 15) is 0 Å². The Morgan fingerprint density at radius 1 is 0.340 bits per heavy atom. The summed E-state index contributed by atoms with van der Waals surface area (Å²) < 4.78 is 4.54. The van der Waals surface area contributed by atoms with Gasteiger partial charge in [0.15, 0.2) is 0 Å². The highest BCUT2D eigenvalue weighted by Crippen LogP contribution is 2.38. The number of fused-ring (bicyclic) bond motifs is 6. The second kappa shape index (κ2) is 11.4. The van der Waals surface area contributed by atoms with Crippen LogP contribution in [0.1, 0.15) is 0 Å². The number of para-hydroxylation sites is 3. The highest BCUT2D eigenvalue weighted by Gasteiger charge is 2.17. The predicted octanol–water partition coefficient (Wildman–Crippen LogP) is 11.1. The third-order valence-corrected chi connectivity index (χ3v) is 9.71. The first-order valence-corrected chi connectivity index (χ1v) is 16.8. The maximum absolute atomic E-state index is 4.89. The molecule has 0 fully saturated rings. The minimum Gasteiger partial charge on any atom is -0.309 e. The second-order valence-corrected chi connectivity index (χ2v) is 12.6. The molecular formula is C45H29N5. The molecule has 4 heterocycles. The van der Waals surface area contributed by atoms with Crippen molar-refractivity contribution < 1.29 is 0 Å². The van der Waals surface area contributed by atoms with Gasteiger partial charge in [-0.1, -0.05) is 103 Å². The first-order chi connectivity index (χ1) is 24.8. The van der Waals surface area contributed by atoms with Crippen molar-refractivity contribution >= 4 is 43.6 Å². The first-order valence-electron chi connectivity index (χ1n) is 16.8. The van der Waals surface area contributed by atoms with E-state index < -0.39 is 0 Å². The lowest BCUT2D eigenvalue weighted by Crippen LogP contribution is -2.00. The Morgan fingerprint density at radius 2 is 0.920 bits per heavy atom. The Kier molecular flexibility index (Phi) is 6.42. The fourth-order valence-electron chi connectivity index (χ4n) is 7.33. The maximum atomic E-state index is 4.89. The zero-order valence-corrected chi connectivity index (χ0v) is 27.0. The second-order valence-electron chi connectivity index (χ2n) is 12.6. The molecule has 0 saturated carbocycles. The Labute approximate surface area is 288 Å². The molecule has 0 aliphatic carbocycles. The lowest BCUT2D eigenvalue weighted by molar-refractivity contribution is 0.990. The van der Waals surface area contributed by atoms with Crippen molar-refractivity contribution in [3.8, 4) is 45.1 Å². The minimum atomic E-state index is 0.645. The van der Waals surface area contributed by atoms with Crippen LogP contribution in [0.2, 0.25) is 0 Å². The quantitative estimate of drug-likeness (QED) is 0.188. The van der Waals surface area contributed by atoms with E-state index in [1.807, 2.05) is 36.8 Å². The Balaban J connectivity index is 1.06. The van der Waals surface area contributed by atoms with E-state index in [0.29, 0.717) is 5.95 Å². The largest absolute Gasteiger partial charge is 0.309 e. The van der Waals surface area contributed by atoms with E-state index in [1.54, 1.807) is 0 Å². The highest BCUT2D eigenvalue weighted by molar-refractivity contribution is 6.12. The summed E-state index contributed by atoms with van der Waals surface area (Å²) in [6, 6.07) is 55.7. The summed E-state index contributed by atoms with van der Waals surface area (Å²) in [4.78, 5) is 14.2. The van der Waals surface area contributed by atoms with Gasteiger partial charge >= 0.3 is 0 Å². The van der Waals surface area contributed by atoms with Crippen LogP contribution in [0, 0.1) is 0 Å². The summed E-state index contributed by atoms with van der Waals surface area (Å²) in [7, 11) is 0. The van der Waals surface area contributed by atoms with E-state index in [2.05, 4.69) is 154 Å². The van der Waals surface area contributed by atoms with Crippen molar-refractivity contribution in [1.29, 1.82) is 0 Å². The van der Waals surface area contributed by atoms with Crippen LogP contribution in [0.25, 0.3) is 88.8 Å². The summed E-state index contributed by atoms with van der Waals surface area (Å²) >= 11 is 0. The van der Waals surface area contributed by atoms with Crippen molar-refractivity contribution in [1.82, 2.24) is 24.1 Å². The molecule has 0 bridgehead atoms. The predicted molar refractivity (Wildman–Crippen MR) is 205 cm³/mol. The van der Waals surface area contributed by atoms with Gasteiger partial charge in [0.25, 0.3) is 0 Å². The fourth-order valence-corrected chi connectivity index (χ4v) is 7.33. The lowest BCUT2D eigenvalue weighted by Gasteiger charge is -2.10. The topological polar surface area (TPSA) is 48.5 Å². The molecule has 5 nitrogen and oxygen atoms in total. The van der Waals surface area contributed by atoms with Gasteiger partial charge in [-0.25, -0.2) is 9.97 Å². The van der Waals surface area contributed by atoms with Gasteiger partial charge in [-0.05, 0) is 71.3 Å². The molecule has 4 aromatic heterocycles. The molecule has 50 heavy (non-hydrogen) atoms. The molecule has 0 radical (unpaired) electrons. The van der Waals surface area contributed by atoms with Crippen molar-refractivity contribution in [2.75, 3.05) is 0 Å². The van der Waals surface area contributed by atoms with E-state index in [-0.39, 0.29) is 0 Å². The molecule has 0 saturated heterocycles. The van der Waals surface area contributed by atoms with Crippen LogP contribution in [0.3, 0.4) is 0 Å². The van der Waals surface area contributed by atoms with Crippen LogP contribution in [0.4, 0.5) is 0 Å². The fraction of sp³-hybridized carbons (Fsp3) is 0. The molecule has 10 aromatic rings. The van der Waals surface area contributed by atoms with Gasteiger partial charge in [-0.2, -0.15) is 0 Å². The van der Waals surface area contributed by atoms with Crippen molar-refractivity contribution in [3.05, 3.63) is 176 Å². The zero-order chi connectivity index (χ0) is 33.0. The highest BCUT2D eigenvalue weighted by atomic mass is 15.1. The lowest BCUT2D eigenvalue weighted by atomic mass is 10.0. The minimum absolute atomic E-state index is 0.645. The number of hydrogen-bond acceptors (Lipinski definition) is 3. The monoisotopic (exact) mass is 639 g/mol. The van der Waals surface area contributed by atoms with E-state index in [4.69, 9.17) is 9.97 Å². The molecule has 234 valence electrons. The van der Waals surface area contributed by atoms with Crippen LogP contribution in [-0.4, -0.2) is 24.1 Å². The van der Waals surface area contributed by atoms with Crippen LogP contribution in [0.15, 0.2) is 176 Å². The average Bonchev–Trinajstić information content (AvgIpc) is 3.71. The Bertz CT molecular complexity index is 2830. The van der Waals surface area contributed by atoms with Crippen molar-refractivity contribution in [2.24, 2.45) is 0 Å².